The molecule has 0 aliphatic rings. The first-order valence-electron chi connectivity index (χ1n) is 4.11. The summed E-state index contributed by atoms with van der Waals surface area (Å²) in [6.07, 6.45) is 2.55. The van der Waals surface area contributed by atoms with Gasteiger partial charge in [-0.1, -0.05) is 18.0 Å². The van der Waals surface area contributed by atoms with Crippen molar-refractivity contribution < 1.29 is 0 Å². The van der Waals surface area contributed by atoms with Crippen molar-refractivity contribution in [1.29, 1.82) is 0 Å². The Hall–Kier alpha value is -0.0831. The van der Waals surface area contributed by atoms with Gasteiger partial charge in [-0.05, 0) is 26.8 Å². The van der Waals surface area contributed by atoms with E-state index in [1.165, 1.54) is 24.5 Å². The van der Waals surface area contributed by atoms with Crippen molar-refractivity contribution >= 4 is 9.52 Å². The van der Waals surface area contributed by atoms with E-state index in [-0.39, 0.29) is 9.52 Å². The van der Waals surface area contributed by atoms with Gasteiger partial charge in [-0.25, -0.2) is 0 Å². The minimum Gasteiger partial charge on any atom is -0.330 e. The molecule has 0 amide bonds. The summed E-state index contributed by atoms with van der Waals surface area (Å²) < 4.78 is 0. The van der Waals surface area contributed by atoms with E-state index in [0.717, 1.165) is 6.54 Å². The van der Waals surface area contributed by atoms with E-state index < -0.39 is 0 Å². The topological polar surface area (TPSA) is 26.0 Å². The van der Waals surface area contributed by atoms with E-state index in [0.29, 0.717) is 0 Å². The average Bonchev–Trinajstić information content (AvgIpc) is 1.87. The fraction of sp³-hybridized carbons (Fsp3) is 0.750. The summed E-state index contributed by atoms with van der Waals surface area (Å²) >= 11 is 0. The first-order chi connectivity index (χ1) is 4.77. The van der Waals surface area contributed by atoms with Crippen molar-refractivity contribution in [3.8, 4) is 0 Å². The lowest BCUT2D eigenvalue weighted by atomic mass is 10.3. The minimum absolute atomic E-state index is 0.126. The van der Waals surface area contributed by atoms with E-state index in [4.69, 9.17) is 5.73 Å². The van der Waals surface area contributed by atoms with Crippen molar-refractivity contribution in [3.05, 3.63) is 11.3 Å². The number of hydrogen-bond acceptors (Lipinski definition) is 1. The van der Waals surface area contributed by atoms with Crippen LogP contribution in [0.15, 0.2) is 11.3 Å². The van der Waals surface area contributed by atoms with Crippen LogP contribution in [0, 0.1) is 0 Å². The molecule has 10 heavy (non-hydrogen) atoms. The molecule has 0 saturated carbocycles. The Labute approximate surface area is 66.5 Å². The average molecular weight is 157 g/mol. The molecule has 0 aliphatic carbocycles. The van der Waals surface area contributed by atoms with Crippen LogP contribution in [0.2, 0.25) is 6.04 Å². The molecular formula is C8H19NSi. The molecule has 0 spiro atoms. The molecule has 0 aromatic heterocycles. The Morgan fingerprint density at radius 1 is 1.40 bits per heavy atom. The van der Waals surface area contributed by atoms with E-state index in [1.54, 1.807) is 0 Å². The van der Waals surface area contributed by atoms with Gasteiger partial charge >= 0.3 is 0 Å². The van der Waals surface area contributed by atoms with Crippen molar-refractivity contribution in [3.63, 3.8) is 0 Å². The molecule has 0 bridgehead atoms. The van der Waals surface area contributed by atoms with Gasteiger partial charge in [0.1, 0.15) is 0 Å². The summed E-state index contributed by atoms with van der Waals surface area (Å²) in [5.74, 6) is 0. The van der Waals surface area contributed by atoms with E-state index in [9.17, 15) is 0 Å². The largest absolute Gasteiger partial charge is 0.330 e. The first-order valence-corrected chi connectivity index (χ1v) is 5.92. The second-order valence-corrected chi connectivity index (χ2v) is 4.61. The fourth-order valence-corrected chi connectivity index (χ4v) is 2.28. The van der Waals surface area contributed by atoms with Crippen LogP contribution in [0.4, 0.5) is 0 Å². The summed E-state index contributed by atoms with van der Waals surface area (Å²) in [4.78, 5) is 0. The quantitative estimate of drug-likeness (QED) is 0.471. The van der Waals surface area contributed by atoms with Gasteiger partial charge in [-0.15, -0.1) is 5.70 Å². The number of unbranched alkanes of at least 4 members (excludes halogenated alkanes) is 1. The summed E-state index contributed by atoms with van der Waals surface area (Å²) in [6.45, 7) is 5.22. The van der Waals surface area contributed by atoms with Gasteiger partial charge in [0, 0.05) is 9.52 Å². The number of allylic oxidation sites excluding steroid dienone is 1. The van der Waals surface area contributed by atoms with Crippen LogP contribution in [0.25, 0.3) is 0 Å². The van der Waals surface area contributed by atoms with E-state index >= 15 is 0 Å². The standard InChI is InChI=1S/C8H19NSi/c1-8(2)7-10-6-4-3-5-9/h7H,3-6,9-10H2,1-2H3. The second-order valence-electron chi connectivity index (χ2n) is 2.92. The zero-order valence-corrected chi connectivity index (χ0v) is 8.60. The van der Waals surface area contributed by atoms with Gasteiger partial charge in [-0.2, -0.15) is 0 Å². The Kier molecular flexibility index (Phi) is 6.97. The van der Waals surface area contributed by atoms with Crippen LogP contribution in [0.5, 0.6) is 0 Å². The van der Waals surface area contributed by atoms with Crippen molar-refractivity contribution in [1.82, 2.24) is 0 Å². The molecule has 60 valence electrons. The van der Waals surface area contributed by atoms with Gasteiger partial charge < -0.3 is 5.73 Å². The first kappa shape index (κ1) is 9.92. The summed E-state index contributed by atoms with van der Waals surface area (Å²) in [6, 6.07) is 1.43. The molecule has 2 heteroatoms. The van der Waals surface area contributed by atoms with Crippen LogP contribution < -0.4 is 5.73 Å². The molecule has 0 unspecified atom stereocenters. The summed E-state index contributed by atoms with van der Waals surface area (Å²) in [5, 5.41) is 0. The molecule has 0 radical (unpaired) electrons. The highest BCUT2D eigenvalue weighted by atomic mass is 28.2. The van der Waals surface area contributed by atoms with Crippen LogP contribution >= 0.6 is 0 Å². The lowest BCUT2D eigenvalue weighted by Crippen LogP contribution is -1.98. The molecule has 0 saturated heterocycles. The highest BCUT2D eigenvalue weighted by Gasteiger charge is 1.85. The monoisotopic (exact) mass is 157 g/mol. The molecule has 0 heterocycles. The fourth-order valence-electron chi connectivity index (χ4n) is 0.856. The molecule has 0 aromatic carbocycles. The Morgan fingerprint density at radius 2 is 2.10 bits per heavy atom. The van der Waals surface area contributed by atoms with Crippen molar-refractivity contribution in [2.75, 3.05) is 6.54 Å². The maximum absolute atomic E-state index is 5.37. The van der Waals surface area contributed by atoms with E-state index in [2.05, 4.69) is 19.5 Å². The maximum atomic E-state index is 5.37. The maximum Gasteiger partial charge on any atom is 0.0453 e. The molecule has 1 nitrogen and oxygen atoms in total. The third-order valence-electron chi connectivity index (χ3n) is 1.46. The second kappa shape index (κ2) is 7.03. The van der Waals surface area contributed by atoms with Gasteiger partial charge in [0.2, 0.25) is 0 Å². The van der Waals surface area contributed by atoms with Crippen LogP contribution in [0.1, 0.15) is 26.7 Å². The molecule has 0 fully saturated rings. The molecule has 0 atom stereocenters. The van der Waals surface area contributed by atoms with Gasteiger partial charge in [-0.3, -0.25) is 0 Å². The Morgan fingerprint density at radius 3 is 2.60 bits per heavy atom. The van der Waals surface area contributed by atoms with E-state index in [1.807, 2.05) is 0 Å². The summed E-state index contributed by atoms with van der Waals surface area (Å²) in [7, 11) is 0.126. The molecule has 0 aromatic rings. The zero-order valence-electron chi connectivity index (χ0n) is 7.19. The van der Waals surface area contributed by atoms with Gasteiger partial charge in [0.25, 0.3) is 0 Å². The van der Waals surface area contributed by atoms with Crippen molar-refractivity contribution in [2.45, 2.75) is 32.7 Å². The highest BCUT2D eigenvalue weighted by molar-refractivity contribution is 6.42. The normalized spacial score (nSPS) is 10.7. The number of nitrogens with two attached hydrogens (primary N) is 1. The van der Waals surface area contributed by atoms with Crippen LogP contribution in [-0.4, -0.2) is 16.1 Å². The number of rotatable bonds is 5. The Balaban J connectivity index is 2.98. The van der Waals surface area contributed by atoms with Crippen molar-refractivity contribution in [2.24, 2.45) is 5.73 Å². The SMILES string of the molecule is CC(C)=C[SiH2]CCCCN. The van der Waals surface area contributed by atoms with Gasteiger partial charge in [0.05, 0.1) is 0 Å². The van der Waals surface area contributed by atoms with Crippen LogP contribution in [-0.2, 0) is 0 Å². The molecular weight excluding hydrogens is 138 g/mol. The minimum atomic E-state index is 0.126. The third-order valence-corrected chi connectivity index (χ3v) is 3.47. The highest BCUT2D eigenvalue weighted by Crippen LogP contribution is 1.95. The Bertz CT molecular complexity index is 95.4. The van der Waals surface area contributed by atoms with Gasteiger partial charge in [0.15, 0.2) is 0 Å². The molecule has 2 N–H and O–H groups in total. The summed E-state index contributed by atoms with van der Waals surface area (Å²) in [5.41, 5.74) is 9.28. The lowest BCUT2D eigenvalue weighted by Gasteiger charge is -1.93. The lowest BCUT2D eigenvalue weighted by molar-refractivity contribution is 0.804. The molecule has 0 aliphatic heterocycles. The number of hydrogen-bond donors (Lipinski definition) is 1. The predicted octanol–water partition coefficient (Wildman–Crippen LogP) is 1.24. The third kappa shape index (κ3) is 7.92. The molecule has 0 rings (SSSR count). The zero-order chi connectivity index (χ0) is 7.82. The van der Waals surface area contributed by atoms with Crippen LogP contribution in [0.3, 0.4) is 0 Å². The predicted molar refractivity (Wildman–Crippen MR) is 51.1 cm³/mol. The smallest absolute Gasteiger partial charge is 0.0453 e.